The Hall–Kier alpha value is -4.25. The van der Waals surface area contributed by atoms with E-state index < -0.39 is 0 Å². The quantitative estimate of drug-likeness (QED) is 0.445. The minimum Gasteiger partial charge on any atom is -0.287 e. The lowest BCUT2D eigenvalue weighted by molar-refractivity contribution is 0.824. The van der Waals surface area contributed by atoms with Gasteiger partial charge in [0.25, 0.3) is 0 Å². The van der Waals surface area contributed by atoms with Crippen LogP contribution >= 0.6 is 0 Å². The van der Waals surface area contributed by atoms with Crippen molar-refractivity contribution in [3.05, 3.63) is 120 Å². The van der Waals surface area contributed by atoms with Crippen molar-refractivity contribution in [2.24, 2.45) is 0 Å². The molecule has 0 aliphatic rings. The molecular weight excluding hydrogens is 372 g/mol. The maximum Gasteiger partial charge on any atom is 0.209 e. The Kier molecular flexibility index (Phi) is 4.54. The third-order valence-corrected chi connectivity index (χ3v) is 4.93. The lowest BCUT2D eigenvalue weighted by Gasteiger charge is -2.13. The summed E-state index contributed by atoms with van der Waals surface area (Å²) in [4.78, 5) is 12.7. The minimum absolute atomic E-state index is 0.152. The molecule has 144 valence electrons. The van der Waals surface area contributed by atoms with Crippen LogP contribution in [0.1, 0.15) is 0 Å². The summed E-state index contributed by atoms with van der Waals surface area (Å²) in [7, 11) is 0. The molecule has 5 nitrogen and oxygen atoms in total. The van der Waals surface area contributed by atoms with Crippen LogP contribution in [0.25, 0.3) is 33.9 Å². The van der Waals surface area contributed by atoms with Crippen LogP contribution in [0.5, 0.6) is 0 Å². The van der Waals surface area contributed by atoms with Gasteiger partial charge in [-0.1, -0.05) is 66.7 Å². The number of hydrogen-bond acceptors (Lipinski definition) is 3. The summed E-state index contributed by atoms with van der Waals surface area (Å²) in [5.41, 5.74) is 4.75. The van der Waals surface area contributed by atoms with Crippen molar-refractivity contribution in [1.82, 2.24) is 19.6 Å². The van der Waals surface area contributed by atoms with E-state index in [2.05, 4.69) is 23.3 Å². The van der Waals surface area contributed by atoms with Gasteiger partial charge in [0.05, 0.1) is 23.3 Å². The van der Waals surface area contributed by atoms with Gasteiger partial charge in [-0.25, -0.2) is 9.36 Å². The van der Waals surface area contributed by atoms with Gasteiger partial charge in [0.2, 0.25) is 5.43 Å². The molecule has 2 heterocycles. The van der Waals surface area contributed by atoms with Crippen molar-refractivity contribution < 1.29 is 0 Å². The molecule has 0 bridgehead atoms. The molecule has 0 aliphatic carbocycles. The summed E-state index contributed by atoms with van der Waals surface area (Å²) in [6.07, 6.45) is 3.38. The standard InChI is InChI=1S/C25H18N4O/c30-24-16-18-28(22-14-8-7-13-21(22)19-9-3-1-4-10-19)27-25(24)23-15-17-26-29(23)20-11-5-2-6-12-20/h1-18H. The first-order valence-electron chi connectivity index (χ1n) is 9.66. The lowest BCUT2D eigenvalue weighted by Crippen LogP contribution is -2.15. The van der Waals surface area contributed by atoms with E-state index in [0.717, 1.165) is 22.5 Å². The molecule has 0 atom stereocenters. The largest absolute Gasteiger partial charge is 0.287 e. The van der Waals surface area contributed by atoms with Crippen LogP contribution in [0.2, 0.25) is 0 Å². The van der Waals surface area contributed by atoms with E-state index in [1.54, 1.807) is 27.8 Å². The second kappa shape index (κ2) is 7.64. The third-order valence-electron chi connectivity index (χ3n) is 4.93. The molecule has 0 radical (unpaired) electrons. The van der Waals surface area contributed by atoms with Crippen molar-refractivity contribution >= 4 is 0 Å². The van der Waals surface area contributed by atoms with E-state index in [1.807, 2.05) is 72.8 Å². The zero-order valence-corrected chi connectivity index (χ0v) is 16.1. The Labute approximate surface area is 173 Å². The Morgan fingerprint density at radius 1 is 0.700 bits per heavy atom. The second-order valence-corrected chi connectivity index (χ2v) is 6.82. The molecule has 0 unspecified atom stereocenters. The highest BCUT2D eigenvalue weighted by Crippen LogP contribution is 2.26. The van der Waals surface area contributed by atoms with E-state index in [9.17, 15) is 4.79 Å². The molecule has 2 aromatic heterocycles. The van der Waals surface area contributed by atoms with Crippen LogP contribution in [-0.4, -0.2) is 19.6 Å². The zero-order chi connectivity index (χ0) is 20.3. The zero-order valence-electron chi connectivity index (χ0n) is 16.1. The van der Waals surface area contributed by atoms with Gasteiger partial charge in [-0.2, -0.15) is 10.2 Å². The molecule has 30 heavy (non-hydrogen) atoms. The van der Waals surface area contributed by atoms with Crippen LogP contribution in [-0.2, 0) is 0 Å². The summed E-state index contributed by atoms with van der Waals surface area (Å²) >= 11 is 0. The fourth-order valence-corrected chi connectivity index (χ4v) is 3.51. The number of nitrogens with zero attached hydrogens (tertiary/aromatic N) is 4. The van der Waals surface area contributed by atoms with Crippen LogP contribution in [0.15, 0.2) is 114 Å². The van der Waals surface area contributed by atoms with Crippen molar-refractivity contribution in [3.8, 4) is 33.9 Å². The van der Waals surface area contributed by atoms with Crippen LogP contribution < -0.4 is 5.43 Å². The number of aromatic nitrogens is 4. The van der Waals surface area contributed by atoms with Crippen molar-refractivity contribution in [2.45, 2.75) is 0 Å². The molecule has 0 amide bonds. The van der Waals surface area contributed by atoms with E-state index in [4.69, 9.17) is 5.10 Å². The Balaban J connectivity index is 1.66. The van der Waals surface area contributed by atoms with Gasteiger partial charge >= 0.3 is 0 Å². The summed E-state index contributed by atoms with van der Waals surface area (Å²) < 4.78 is 3.48. The monoisotopic (exact) mass is 390 g/mol. The molecule has 0 aliphatic heterocycles. The average molecular weight is 390 g/mol. The maximum atomic E-state index is 12.7. The first kappa shape index (κ1) is 17.8. The predicted octanol–water partition coefficient (Wildman–Crippen LogP) is 4.75. The summed E-state index contributed by atoms with van der Waals surface area (Å²) in [5, 5.41) is 9.10. The normalized spacial score (nSPS) is 10.8. The molecule has 0 saturated carbocycles. The van der Waals surface area contributed by atoms with Crippen LogP contribution in [0.4, 0.5) is 0 Å². The van der Waals surface area contributed by atoms with Gasteiger partial charge in [-0.05, 0) is 29.8 Å². The predicted molar refractivity (Wildman–Crippen MR) is 118 cm³/mol. The highest BCUT2D eigenvalue weighted by molar-refractivity contribution is 5.72. The fraction of sp³-hybridized carbons (Fsp3) is 0. The minimum atomic E-state index is -0.152. The fourth-order valence-electron chi connectivity index (χ4n) is 3.51. The lowest BCUT2D eigenvalue weighted by atomic mass is 10.0. The Bertz CT molecular complexity index is 1350. The van der Waals surface area contributed by atoms with E-state index in [1.165, 1.54) is 0 Å². The number of rotatable bonds is 4. The molecule has 5 aromatic rings. The van der Waals surface area contributed by atoms with Gasteiger partial charge in [0.15, 0.2) is 5.69 Å². The third kappa shape index (κ3) is 3.22. The summed E-state index contributed by atoms with van der Waals surface area (Å²) in [6.45, 7) is 0. The van der Waals surface area contributed by atoms with Crippen LogP contribution in [0.3, 0.4) is 0 Å². The SMILES string of the molecule is O=c1ccn(-c2ccccc2-c2ccccc2)nc1-c1ccnn1-c1ccccc1. The van der Waals surface area contributed by atoms with Crippen molar-refractivity contribution in [1.29, 1.82) is 0 Å². The van der Waals surface area contributed by atoms with Gasteiger partial charge in [-0.15, -0.1) is 0 Å². The average Bonchev–Trinajstić information content (AvgIpc) is 3.30. The molecule has 0 saturated heterocycles. The smallest absolute Gasteiger partial charge is 0.209 e. The summed E-state index contributed by atoms with van der Waals surface area (Å²) in [6, 6.07) is 31.2. The molecule has 0 spiro atoms. The van der Waals surface area contributed by atoms with Gasteiger partial charge < -0.3 is 0 Å². The van der Waals surface area contributed by atoms with Gasteiger partial charge in [0.1, 0.15) is 0 Å². The second-order valence-electron chi connectivity index (χ2n) is 6.82. The molecule has 5 heteroatoms. The van der Waals surface area contributed by atoms with Crippen molar-refractivity contribution in [2.75, 3.05) is 0 Å². The molecule has 5 rings (SSSR count). The van der Waals surface area contributed by atoms with Crippen molar-refractivity contribution in [3.63, 3.8) is 0 Å². The Morgan fingerprint density at radius 2 is 1.40 bits per heavy atom. The highest BCUT2D eigenvalue weighted by Gasteiger charge is 2.14. The first-order valence-corrected chi connectivity index (χ1v) is 9.66. The summed E-state index contributed by atoms with van der Waals surface area (Å²) in [5.74, 6) is 0. The van der Waals surface area contributed by atoms with E-state index in [0.29, 0.717) is 11.4 Å². The molecule has 3 aromatic carbocycles. The Morgan fingerprint density at radius 3 is 2.20 bits per heavy atom. The van der Waals surface area contributed by atoms with Crippen LogP contribution in [0, 0.1) is 0 Å². The van der Waals surface area contributed by atoms with E-state index >= 15 is 0 Å². The van der Waals surface area contributed by atoms with Gasteiger partial charge in [-0.3, -0.25) is 4.79 Å². The first-order chi connectivity index (χ1) is 14.8. The number of benzene rings is 3. The topological polar surface area (TPSA) is 52.7 Å². The number of hydrogen-bond donors (Lipinski definition) is 0. The molecule has 0 N–H and O–H groups in total. The molecular formula is C25H18N4O. The maximum absolute atomic E-state index is 12.7. The highest BCUT2D eigenvalue weighted by atomic mass is 16.1. The van der Waals surface area contributed by atoms with Gasteiger partial charge in [0, 0.05) is 17.8 Å². The molecule has 0 fully saturated rings. The van der Waals surface area contributed by atoms with E-state index in [-0.39, 0.29) is 5.43 Å². The number of para-hydroxylation sites is 2.